The monoisotopic (exact) mass is 286 g/mol. The summed E-state index contributed by atoms with van der Waals surface area (Å²) >= 11 is 0. The molecule has 2 rings (SSSR count). The quantitative estimate of drug-likeness (QED) is 0.832. The van der Waals surface area contributed by atoms with Crippen LogP contribution in [0.5, 0.6) is 11.5 Å². The summed E-state index contributed by atoms with van der Waals surface area (Å²) in [5, 5.41) is 3.25. The maximum Gasteiger partial charge on any atom is 0.387 e. The number of nitrogens with zero attached hydrogens (tertiary/aromatic N) is 1. The molecule has 1 N–H and O–H groups in total. The molecule has 0 atom stereocenters. The molecule has 4 nitrogen and oxygen atoms in total. The zero-order valence-corrected chi connectivity index (χ0v) is 11.7. The van der Waals surface area contributed by atoms with Gasteiger partial charge in [0.15, 0.2) is 11.5 Å². The van der Waals surface area contributed by atoms with E-state index >= 15 is 0 Å². The van der Waals surface area contributed by atoms with E-state index in [1.165, 1.54) is 13.2 Å². The van der Waals surface area contributed by atoms with E-state index in [2.05, 4.69) is 21.9 Å². The van der Waals surface area contributed by atoms with Gasteiger partial charge in [-0.25, -0.2) is 0 Å². The van der Waals surface area contributed by atoms with Crippen molar-refractivity contribution in [3.05, 3.63) is 23.8 Å². The molecule has 0 amide bonds. The van der Waals surface area contributed by atoms with Gasteiger partial charge in [-0.3, -0.25) is 4.90 Å². The Labute approximate surface area is 117 Å². The molecule has 1 fully saturated rings. The smallest absolute Gasteiger partial charge is 0.387 e. The molecule has 20 heavy (non-hydrogen) atoms. The molecule has 1 aromatic carbocycles. The van der Waals surface area contributed by atoms with Gasteiger partial charge in [0, 0.05) is 25.7 Å². The van der Waals surface area contributed by atoms with Crippen molar-refractivity contribution in [2.75, 3.05) is 26.7 Å². The first-order valence-electron chi connectivity index (χ1n) is 6.70. The molecule has 0 spiro atoms. The van der Waals surface area contributed by atoms with Crippen LogP contribution in [0.25, 0.3) is 0 Å². The standard InChI is InChI=1S/C14H20F2N2O2/c1-3-18(11-7-17-8-11)9-10-4-5-12(20-14(15)16)13(6-10)19-2/h4-6,11,14,17H,3,7-9H2,1-2H3. The minimum atomic E-state index is -2.84. The fourth-order valence-corrected chi connectivity index (χ4v) is 2.27. The van der Waals surface area contributed by atoms with Crippen molar-refractivity contribution in [1.82, 2.24) is 10.2 Å². The lowest BCUT2D eigenvalue weighted by Gasteiger charge is -2.37. The van der Waals surface area contributed by atoms with E-state index in [0.29, 0.717) is 11.8 Å². The summed E-state index contributed by atoms with van der Waals surface area (Å²) in [6.07, 6.45) is 0. The van der Waals surface area contributed by atoms with E-state index in [-0.39, 0.29) is 5.75 Å². The molecular weight excluding hydrogens is 266 g/mol. The lowest BCUT2D eigenvalue weighted by molar-refractivity contribution is -0.0512. The molecule has 1 saturated heterocycles. The van der Waals surface area contributed by atoms with Crippen LogP contribution in [0.2, 0.25) is 0 Å². The first-order chi connectivity index (χ1) is 9.63. The number of hydrogen-bond acceptors (Lipinski definition) is 4. The Bertz CT molecular complexity index is 439. The number of methoxy groups -OCH3 is 1. The molecule has 1 aliphatic heterocycles. The van der Waals surface area contributed by atoms with Crippen LogP contribution in [0.15, 0.2) is 18.2 Å². The van der Waals surface area contributed by atoms with Crippen molar-refractivity contribution in [2.45, 2.75) is 26.1 Å². The van der Waals surface area contributed by atoms with Crippen LogP contribution in [-0.4, -0.2) is 44.3 Å². The maximum absolute atomic E-state index is 12.3. The molecule has 0 unspecified atom stereocenters. The largest absolute Gasteiger partial charge is 0.493 e. The first kappa shape index (κ1) is 15.0. The second-order valence-electron chi connectivity index (χ2n) is 4.74. The van der Waals surface area contributed by atoms with Crippen LogP contribution >= 0.6 is 0 Å². The molecule has 112 valence electrons. The number of alkyl halides is 2. The maximum atomic E-state index is 12.3. The Morgan fingerprint density at radius 1 is 1.35 bits per heavy atom. The topological polar surface area (TPSA) is 33.7 Å². The van der Waals surface area contributed by atoms with E-state index in [1.54, 1.807) is 12.1 Å². The Morgan fingerprint density at radius 3 is 2.60 bits per heavy atom. The summed E-state index contributed by atoms with van der Waals surface area (Å²) < 4.78 is 34.1. The molecule has 0 saturated carbocycles. The van der Waals surface area contributed by atoms with Gasteiger partial charge < -0.3 is 14.8 Å². The Hall–Kier alpha value is -1.40. The van der Waals surface area contributed by atoms with Crippen LogP contribution in [0.1, 0.15) is 12.5 Å². The van der Waals surface area contributed by atoms with Gasteiger partial charge >= 0.3 is 6.61 Å². The molecule has 6 heteroatoms. The molecule has 0 aliphatic carbocycles. The van der Waals surface area contributed by atoms with Gasteiger partial charge in [-0.05, 0) is 24.2 Å². The van der Waals surface area contributed by atoms with Crippen molar-refractivity contribution in [3.63, 3.8) is 0 Å². The van der Waals surface area contributed by atoms with Crippen molar-refractivity contribution in [3.8, 4) is 11.5 Å². The van der Waals surface area contributed by atoms with Gasteiger partial charge in [0.25, 0.3) is 0 Å². The molecule has 0 aromatic heterocycles. The van der Waals surface area contributed by atoms with Gasteiger partial charge in [-0.15, -0.1) is 0 Å². The zero-order chi connectivity index (χ0) is 14.5. The second-order valence-corrected chi connectivity index (χ2v) is 4.74. The van der Waals surface area contributed by atoms with Gasteiger partial charge in [0.2, 0.25) is 0 Å². The second kappa shape index (κ2) is 6.85. The predicted octanol–water partition coefficient (Wildman–Crippen LogP) is 2.09. The van der Waals surface area contributed by atoms with E-state index in [0.717, 1.165) is 31.7 Å². The van der Waals surface area contributed by atoms with Gasteiger partial charge in [-0.2, -0.15) is 8.78 Å². The third kappa shape index (κ3) is 3.58. The normalized spacial score (nSPS) is 15.5. The lowest BCUT2D eigenvalue weighted by atomic mass is 10.1. The third-order valence-electron chi connectivity index (χ3n) is 3.51. The minimum absolute atomic E-state index is 0.0691. The highest BCUT2D eigenvalue weighted by atomic mass is 19.3. The SMILES string of the molecule is CCN(Cc1ccc(OC(F)F)c(OC)c1)C1CNC1. The average molecular weight is 286 g/mol. The third-order valence-corrected chi connectivity index (χ3v) is 3.51. The van der Waals surface area contributed by atoms with E-state index in [9.17, 15) is 8.78 Å². The number of halogens is 2. The fourth-order valence-electron chi connectivity index (χ4n) is 2.27. The van der Waals surface area contributed by atoms with Crippen LogP contribution in [0.4, 0.5) is 8.78 Å². The number of ether oxygens (including phenoxy) is 2. The Morgan fingerprint density at radius 2 is 2.10 bits per heavy atom. The highest BCUT2D eigenvalue weighted by Gasteiger charge is 2.23. The molecule has 0 bridgehead atoms. The lowest BCUT2D eigenvalue weighted by Crippen LogP contribution is -2.56. The van der Waals surface area contributed by atoms with Gasteiger partial charge in [0.05, 0.1) is 7.11 Å². The highest BCUT2D eigenvalue weighted by molar-refractivity contribution is 5.43. The van der Waals surface area contributed by atoms with Gasteiger partial charge in [0.1, 0.15) is 0 Å². The Kier molecular flexibility index (Phi) is 5.14. The number of rotatable bonds is 7. The molecule has 1 heterocycles. The molecule has 1 aliphatic rings. The van der Waals surface area contributed by atoms with Crippen molar-refractivity contribution in [1.29, 1.82) is 0 Å². The van der Waals surface area contributed by atoms with Crippen molar-refractivity contribution in [2.24, 2.45) is 0 Å². The summed E-state index contributed by atoms with van der Waals surface area (Å²) in [5.74, 6) is 0.408. The zero-order valence-electron chi connectivity index (χ0n) is 11.7. The number of likely N-dealkylation sites (N-methyl/N-ethyl adjacent to an activating group) is 1. The molecular formula is C14H20F2N2O2. The summed E-state index contributed by atoms with van der Waals surface area (Å²) in [5.41, 5.74) is 1.03. The van der Waals surface area contributed by atoms with E-state index < -0.39 is 6.61 Å². The van der Waals surface area contributed by atoms with Crippen LogP contribution in [0.3, 0.4) is 0 Å². The summed E-state index contributed by atoms with van der Waals surface area (Å²) in [6.45, 7) is 2.99. The van der Waals surface area contributed by atoms with Crippen molar-refractivity contribution < 1.29 is 18.3 Å². The molecule has 0 radical (unpaired) electrons. The van der Waals surface area contributed by atoms with E-state index in [1.807, 2.05) is 0 Å². The summed E-state index contributed by atoms with van der Waals surface area (Å²) in [4.78, 5) is 2.35. The minimum Gasteiger partial charge on any atom is -0.493 e. The number of nitrogens with one attached hydrogen (secondary N) is 1. The fraction of sp³-hybridized carbons (Fsp3) is 0.571. The van der Waals surface area contributed by atoms with Gasteiger partial charge in [-0.1, -0.05) is 13.0 Å². The van der Waals surface area contributed by atoms with Crippen LogP contribution < -0.4 is 14.8 Å². The number of hydrogen-bond donors (Lipinski definition) is 1. The number of benzene rings is 1. The average Bonchev–Trinajstić information content (AvgIpc) is 2.36. The van der Waals surface area contributed by atoms with Crippen molar-refractivity contribution >= 4 is 0 Å². The molecule has 1 aromatic rings. The predicted molar refractivity (Wildman–Crippen MR) is 72.4 cm³/mol. The Balaban J connectivity index is 2.07. The first-order valence-corrected chi connectivity index (χ1v) is 6.70. The highest BCUT2D eigenvalue weighted by Crippen LogP contribution is 2.30. The summed E-state index contributed by atoms with van der Waals surface area (Å²) in [7, 11) is 1.45. The van der Waals surface area contributed by atoms with Crippen LogP contribution in [0, 0.1) is 0 Å². The van der Waals surface area contributed by atoms with Crippen LogP contribution in [-0.2, 0) is 6.54 Å². The summed E-state index contributed by atoms with van der Waals surface area (Å²) in [6, 6.07) is 5.64. The van der Waals surface area contributed by atoms with E-state index in [4.69, 9.17) is 4.74 Å².